The van der Waals surface area contributed by atoms with Crippen molar-refractivity contribution in [2.45, 2.75) is 83.3 Å². The van der Waals surface area contributed by atoms with Gasteiger partial charge in [-0.25, -0.2) is 9.59 Å². The van der Waals surface area contributed by atoms with Crippen LogP contribution in [-0.2, 0) is 48.9 Å². The van der Waals surface area contributed by atoms with Crippen LogP contribution in [0, 0.1) is 0 Å². The number of aliphatic hydroxyl groups is 2. The summed E-state index contributed by atoms with van der Waals surface area (Å²) < 4.78 is 25.8. The zero-order valence-corrected chi connectivity index (χ0v) is 35.3. The Balaban J connectivity index is 0.000000198. The molecule has 0 spiro atoms. The average molecular weight is 820 g/mol. The normalized spacial score (nSPS) is 19.9. The SMILES string of the molecule is CCOC(=O)C1(CO)CN(C(=O)OC(C)(C)C)c2ccccc21.CCOC(=O)C1(CO)CNc2ccccc21.COC(=O)C1CN(C(=O)OC(C)(C)C)c2ccccc21. The molecule has 3 heterocycles. The first-order valence-electron chi connectivity index (χ1n) is 19.5. The molecular formula is C44H57N3O12. The second-order valence-corrected chi connectivity index (χ2v) is 16.1. The Morgan fingerprint density at radius 3 is 1.73 bits per heavy atom. The molecule has 0 aliphatic carbocycles. The predicted octanol–water partition coefficient (Wildman–Crippen LogP) is 5.84. The molecule has 59 heavy (non-hydrogen) atoms. The molecule has 15 nitrogen and oxygen atoms in total. The summed E-state index contributed by atoms with van der Waals surface area (Å²) in [5, 5.41) is 22.6. The molecule has 0 fully saturated rings. The minimum atomic E-state index is -1.27. The molecule has 3 N–H and O–H groups in total. The molecule has 3 aromatic rings. The van der Waals surface area contributed by atoms with Crippen LogP contribution in [0.25, 0.3) is 0 Å². The van der Waals surface area contributed by atoms with Gasteiger partial charge in [0.2, 0.25) is 0 Å². The fourth-order valence-electron chi connectivity index (χ4n) is 6.97. The lowest BCUT2D eigenvalue weighted by atomic mass is 9.83. The Morgan fingerprint density at radius 2 is 1.19 bits per heavy atom. The number of hydrogen-bond acceptors (Lipinski definition) is 13. The standard InChI is InChI=1S/C17H23NO5.C15H19NO4.C12H15NO3/c1-5-22-14(20)17(11-19)10-18(15(21)23-16(2,3)4)13-9-7-6-8-12(13)17;1-15(2,3)20-14(18)16-9-11(13(17)19-4)10-7-5-6-8-12(10)16;1-2-16-11(15)12(8-14)7-13-10-6-4-3-5-9(10)12/h6-9,19H,5,10-11H2,1-4H3;5-8,11H,9H2,1-4H3;3-6,13-14H,2,7-8H2,1H3. The summed E-state index contributed by atoms with van der Waals surface area (Å²) in [5.41, 5.74) is 0.907. The summed E-state index contributed by atoms with van der Waals surface area (Å²) >= 11 is 0. The van der Waals surface area contributed by atoms with Crippen molar-refractivity contribution in [3.8, 4) is 0 Å². The van der Waals surface area contributed by atoms with Crippen molar-refractivity contribution < 1.29 is 57.9 Å². The average Bonchev–Trinajstić information content (AvgIpc) is 3.88. The minimum Gasteiger partial charge on any atom is -0.468 e. The molecule has 3 atom stereocenters. The van der Waals surface area contributed by atoms with Gasteiger partial charge in [-0.1, -0.05) is 54.6 Å². The topological polar surface area (TPSA) is 190 Å². The van der Waals surface area contributed by atoms with Crippen molar-refractivity contribution in [1.82, 2.24) is 0 Å². The summed E-state index contributed by atoms with van der Waals surface area (Å²) in [4.78, 5) is 63.8. The Bertz CT molecular complexity index is 1990. The van der Waals surface area contributed by atoms with E-state index in [0.29, 0.717) is 30.1 Å². The van der Waals surface area contributed by atoms with Crippen LogP contribution in [0.15, 0.2) is 72.8 Å². The van der Waals surface area contributed by atoms with Crippen LogP contribution in [0.3, 0.4) is 0 Å². The van der Waals surface area contributed by atoms with E-state index in [1.807, 2.05) is 69.3 Å². The quantitative estimate of drug-likeness (QED) is 0.191. The highest BCUT2D eigenvalue weighted by Crippen LogP contribution is 2.43. The third-order valence-corrected chi connectivity index (χ3v) is 9.72. The van der Waals surface area contributed by atoms with E-state index in [2.05, 4.69) is 5.32 Å². The number of ether oxygens (including phenoxy) is 5. The van der Waals surface area contributed by atoms with Crippen LogP contribution >= 0.6 is 0 Å². The first-order valence-corrected chi connectivity index (χ1v) is 19.5. The third kappa shape index (κ3) is 10.1. The van der Waals surface area contributed by atoms with Crippen molar-refractivity contribution in [3.05, 3.63) is 89.5 Å². The molecule has 3 aromatic carbocycles. The Hall–Kier alpha value is -5.67. The number of amides is 2. The maximum absolute atomic E-state index is 12.5. The highest BCUT2D eigenvalue weighted by molar-refractivity contribution is 5.99. The van der Waals surface area contributed by atoms with E-state index in [4.69, 9.17) is 23.7 Å². The van der Waals surface area contributed by atoms with Crippen molar-refractivity contribution in [3.63, 3.8) is 0 Å². The van der Waals surface area contributed by atoms with Crippen molar-refractivity contribution in [2.24, 2.45) is 0 Å². The van der Waals surface area contributed by atoms with Crippen molar-refractivity contribution in [1.29, 1.82) is 0 Å². The monoisotopic (exact) mass is 819 g/mol. The summed E-state index contributed by atoms with van der Waals surface area (Å²) in [6.45, 7) is 14.7. The number of hydrogen-bond donors (Lipinski definition) is 3. The molecule has 3 aliphatic rings. The number of methoxy groups -OCH3 is 1. The second kappa shape index (κ2) is 18.9. The van der Waals surface area contributed by atoms with Crippen LogP contribution in [0.2, 0.25) is 0 Å². The molecule has 3 unspecified atom stereocenters. The highest BCUT2D eigenvalue weighted by atomic mass is 16.6. The van der Waals surface area contributed by atoms with Gasteiger partial charge in [-0.05, 0) is 90.3 Å². The molecule has 0 aromatic heterocycles. The molecule has 0 saturated carbocycles. The van der Waals surface area contributed by atoms with Crippen LogP contribution in [0.5, 0.6) is 0 Å². The van der Waals surface area contributed by atoms with Crippen molar-refractivity contribution in [2.75, 3.05) is 68.3 Å². The van der Waals surface area contributed by atoms with E-state index in [0.717, 1.165) is 16.8 Å². The summed E-state index contributed by atoms with van der Waals surface area (Å²) in [6.07, 6.45) is -0.999. The van der Waals surface area contributed by atoms with E-state index in [1.54, 1.807) is 58.9 Å². The Labute approximate surface area is 345 Å². The van der Waals surface area contributed by atoms with Gasteiger partial charge >= 0.3 is 30.1 Å². The maximum atomic E-state index is 12.5. The lowest BCUT2D eigenvalue weighted by Crippen LogP contribution is -2.47. The number of carbonyl (C=O) groups excluding carboxylic acids is 5. The number of rotatable bonds is 7. The molecule has 0 bridgehead atoms. The van der Waals surface area contributed by atoms with Gasteiger partial charge in [-0.3, -0.25) is 24.2 Å². The first-order chi connectivity index (χ1) is 27.8. The van der Waals surface area contributed by atoms with E-state index in [1.165, 1.54) is 16.9 Å². The molecule has 2 amide bonds. The Morgan fingerprint density at radius 1 is 0.695 bits per heavy atom. The van der Waals surface area contributed by atoms with E-state index in [9.17, 15) is 34.2 Å². The maximum Gasteiger partial charge on any atom is 0.414 e. The molecule has 15 heteroatoms. The van der Waals surface area contributed by atoms with Gasteiger partial charge in [0.25, 0.3) is 0 Å². The van der Waals surface area contributed by atoms with E-state index < -0.39 is 52.7 Å². The molecule has 3 aliphatic heterocycles. The number of aliphatic hydroxyl groups excluding tert-OH is 2. The van der Waals surface area contributed by atoms with Gasteiger partial charge in [-0.2, -0.15) is 0 Å². The number of para-hydroxylation sites is 3. The number of benzene rings is 3. The van der Waals surface area contributed by atoms with Gasteiger partial charge < -0.3 is 39.2 Å². The Kier molecular flexibility index (Phi) is 14.8. The number of esters is 3. The predicted molar refractivity (Wildman–Crippen MR) is 221 cm³/mol. The summed E-state index contributed by atoms with van der Waals surface area (Å²) in [6, 6.07) is 21.8. The van der Waals surface area contributed by atoms with Crippen LogP contribution in [0.1, 0.15) is 78.0 Å². The molecule has 0 radical (unpaired) electrons. The fraction of sp³-hybridized carbons (Fsp3) is 0.477. The number of fused-ring (bicyclic) bond motifs is 3. The van der Waals surface area contributed by atoms with Gasteiger partial charge in [0.15, 0.2) is 0 Å². The van der Waals surface area contributed by atoms with Gasteiger partial charge in [-0.15, -0.1) is 0 Å². The van der Waals surface area contributed by atoms with Gasteiger partial charge in [0.1, 0.15) is 27.9 Å². The highest BCUT2D eigenvalue weighted by Gasteiger charge is 2.52. The van der Waals surface area contributed by atoms with E-state index >= 15 is 0 Å². The summed E-state index contributed by atoms with van der Waals surface area (Å²) in [5.74, 6) is -1.71. The summed E-state index contributed by atoms with van der Waals surface area (Å²) in [7, 11) is 1.35. The molecule has 320 valence electrons. The molecule has 6 rings (SSSR count). The van der Waals surface area contributed by atoms with Crippen molar-refractivity contribution >= 4 is 47.2 Å². The van der Waals surface area contributed by atoms with Gasteiger partial charge in [0, 0.05) is 18.8 Å². The number of nitrogens with one attached hydrogen (secondary N) is 1. The van der Waals surface area contributed by atoms with E-state index in [-0.39, 0.29) is 38.2 Å². The smallest absolute Gasteiger partial charge is 0.414 e. The van der Waals surface area contributed by atoms with Crippen LogP contribution < -0.4 is 15.1 Å². The third-order valence-electron chi connectivity index (χ3n) is 9.72. The zero-order chi connectivity index (χ0) is 43.8. The molecule has 0 saturated heterocycles. The minimum absolute atomic E-state index is 0.00338. The number of carbonyl (C=O) groups is 5. The zero-order valence-electron chi connectivity index (χ0n) is 35.3. The number of anilines is 3. The first kappa shape index (κ1) is 46.0. The lowest BCUT2D eigenvalue weighted by molar-refractivity contribution is -0.152. The van der Waals surface area contributed by atoms with Crippen LogP contribution in [0.4, 0.5) is 26.7 Å². The second-order valence-electron chi connectivity index (χ2n) is 16.1. The largest absolute Gasteiger partial charge is 0.468 e. The van der Waals surface area contributed by atoms with Crippen LogP contribution in [-0.4, -0.2) is 105 Å². The lowest BCUT2D eigenvalue weighted by Gasteiger charge is -2.27. The van der Waals surface area contributed by atoms with Gasteiger partial charge in [0.05, 0.1) is 51.5 Å². The number of nitrogens with zero attached hydrogens (tertiary/aromatic N) is 2. The fourth-order valence-corrected chi connectivity index (χ4v) is 6.97. The molecular weight excluding hydrogens is 762 g/mol.